The molecule has 0 unspecified atom stereocenters. The number of amides is 2. The van der Waals surface area contributed by atoms with E-state index >= 15 is 0 Å². The lowest BCUT2D eigenvalue weighted by Gasteiger charge is -2.46. The third-order valence-electron chi connectivity index (χ3n) is 6.55. The van der Waals surface area contributed by atoms with E-state index in [1.54, 1.807) is 11.8 Å². The van der Waals surface area contributed by atoms with Gasteiger partial charge in [0.2, 0.25) is 11.8 Å². The van der Waals surface area contributed by atoms with Crippen molar-refractivity contribution in [3.05, 3.63) is 58.9 Å². The van der Waals surface area contributed by atoms with Gasteiger partial charge in [0.15, 0.2) is 0 Å². The standard InChI is InChI=1S/C24H25ClN4O2S/c1-16(30)27-14-24(15-27)18-6-3-4-7-20(18)29(23(24)31)13-22-26-19-12-17(25)8-9-21(19)28(22)10-5-11-32-2/h3-4,6-9,12H,5,10-11,13-15H2,1-2H3. The Balaban J connectivity index is 1.52. The number of aromatic nitrogens is 2. The summed E-state index contributed by atoms with van der Waals surface area (Å²) in [5.41, 5.74) is 3.17. The number of benzene rings is 2. The predicted molar refractivity (Wildman–Crippen MR) is 129 cm³/mol. The van der Waals surface area contributed by atoms with Crippen LogP contribution in [0.3, 0.4) is 0 Å². The van der Waals surface area contributed by atoms with Gasteiger partial charge < -0.3 is 14.4 Å². The molecule has 3 aromatic rings. The van der Waals surface area contributed by atoms with Gasteiger partial charge in [0.1, 0.15) is 11.2 Å². The number of para-hydroxylation sites is 1. The number of thioether (sulfide) groups is 1. The summed E-state index contributed by atoms with van der Waals surface area (Å²) in [4.78, 5) is 34.0. The molecule has 1 spiro atoms. The number of nitrogens with zero attached hydrogens (tertiary/aromatic N) is 4. The molecule has 0 bridgehead atoms. The van der Waals surface area contributed by atoms with Gasteiger partial charge in [-0.25, -0.2) is 4.98 Å². The van der Waals surface area contributed by atoms with Gasteiger partial charge >= 0.3 is 0 Å². The van der Waals surface area contributed by atoms with Gasteiger partial charge in [0.25, 0.3) is 0 Å². The maximum atomic E-state index is 13.7. The molecule has 1 saturated heterocycles. The van der Waals surface area contributed by atoms with Crippen LogP contribution in [0.25, 0.3) is 11.0 Å². The minimum atomic E-state index is -0.638. The summed E-state index contributed by atoms with van der Waals surface area (Å²) in [5, 5.41) is 0.651. The fourth-order valence-electron chi connectivity index (χ4n) is 4.92. The number of carbonyl (C=O) groups is 2. The van der Waals surface area contributed by atoms with Crippen molar-refractivity contribution in [2.75, 3.05) is 30.0 Å². The summed E-state index contributed by atoms with van der Waals surface area (Å²) in [6.45, 7) is 3.66. The molecule has 3 heterocycles. The van der Waals surface area contributed by atoms with Gasteiger partial charge in [0.05, 0.1) is 17.6 Å². The Morgan fingerprint density at radius 2 is 2.00 bits per heavy atom. The molecule has 0 N–H and O–H groups in total. The SMILES string of the molecule is CSCCCn1c(CN2C(=O)C3(CN(C(C)=O)C3)c3ccccc32)nc2cc(Cl)ccc21. The van der Waals surface area contributed by atoms with Crippen molar-refractivity contribution in [3.8, 4) is 0 Å². The Morgan fingerprint density at radius 1 is 1.22 bits per heavy atom. The van der Waals surface area contributed by atoms with E-state index in [0.29, 0.717) is 24.7 Å². The fourth-order valence-corrected chi connectivity index (χ4v) is 5.50. The van der Waals surface area contributed by atoms with Crippen LogP contribution in [0.15, 0.2) is 42.5 Å². The summed E-state index contributed by atoms with van der Waals surface area (Å²) >= 11 is 8.04. The number of halogens is 1. The molecule has 5 rings (SSSR count). The molecular weight excluding hydrogens is 444 g/mol. The zero-order valence-corrected chi connectivity index (χ0v) is 19.7. The van der Waals surface area contributed by atoms with E-state index in [4.69, 9.17) is 16.6 Å². The average Bonchev–Trinajstić information content (AvgIpc) is 3.19. The van der Waals surface area contributed by atoms with Crippen LogP contribution in [0.2, 0.25) is 5.02 Å². The predicted octanol–water partition coefficient (Wildman–Crippen LogP) is 4.09. The highest BCUT2D eigenvalue weighted by Crippen LogP contribution is 2.47. The lowest BCUT2D eigenvalue weighted by Crippen LogP contribution is -2.64. The normalized spacial score (nSPS) is 16.7. The molecule has 166 valence electrons. The van der Waals surface area contributed by atoms with Crippen molar-refractivity contribution in [2.45, 2.75) is 31.8 Å². The second-order valence-electron chi connectivity index (χ2n) is 8.52. The topological polar surface area (TPSA) is 58.4 Å². The van der Waals surface area contributed by atoms with Gasteiger partial charge in [-0.3, -0.25) is 9.59 Å². The van der Waals surface area contributed by atoms with Crippen molar-refractivity contribution < 1.29 is 9.59 Å². The summed E-state index contributed by atoms with van der Waals surface area (Å²) in [6.07, 6.45) is 3.12. The Bertz CT molecular complexity index is 1220. The van der Waals surface area contributed by atoms with Crippen LogP contribution >= 0.6 is 23.4 Å². The number of hydrogen-bond acceptors (Lipinski definition) is 4. The number of rotatable bonds is 6. The number of aryl methyl sites for hydroxylation is 1. The summed E-state index contributed by atoms with van der Waals surface area (Å²) in [5.74, 6) is 1.97. The number of carbonyl (C=O) groups excluding carboxylic acids is 2. The summed E-state index contributed by atoms with van der Waals surface area (Å²) in [6, 6.07) is 13.7. The van der Waals surface area contributed by atoms with Crippen LogP contribution in [-0.2, 0) is 28.1 Å². The van der Waals surface area contributed by atoms with Crippen LogP contribution in [0.1, 0.15) is 24.7 Å². The molecule has 2 aromatic carbocycles. The Labute approximate surface area is 196 Å². The molecule has 1 fully saturated rings. The summed E-state index contributed by atoms with van der Waals surface area (Å²) in [7, 11) is 0. The highest BCUT2D eigenvalue weighted by atomic mass is 35.5. The van der Waals surface area contributed by atoms with Crippen molar-refractivity contribution >= 4 is 51.9 Å². The number of anilines is 1. The first-order chi connectivity index (χ1) is 15.4. The van der Waals surface area contributed by atoms with Crippen LogP contribution in [0.5, 0.6) is 0 Å². The van der Waals surface area contributed by atoms with Crippen LogP contribution < -0.4 is 4.90 Å². The van der Waals surface area contributed by atoms with Crippen molar-refractivity contribution in [1.82, 2.24) is 14.5 Å². The maximum absolute atomic E-state index is 13.7. The molecule has 8 heteroatoms. The largest absolute Gasteiger partial charge is 0.340 e. The van der Waals surface area contributed by atoms with Crippen LogP contribution in [-0.4, -0.2) is 51.4 Å². The number of hydrogen-bond donors (Lipinski definition) is 0. The summed E-state index contributed by atoms with van der Waals surface area (Å²) < 4.78 is 2.21. The van der Waals surface area contributed by atoms with E-state index < -0.39 is 5.41 Å². The Morgan fingerprint density at radius 3 is 2.75 bits per heavy atom. The van der Waals surface area contributed by atoms with E-state index in [2.05, 4.69) is 10.8 Å². The molecule has 0 saturated carbocycles. The molecule has 0 atom stereocenters. The minimum absolute atomic E-state index is 0.00632. The molecular formula is C24H25ClN4O2S. The third kappa shape index (κ3) is 3.30. The van der Waals surface area contributed by atoms with E-state index in [1.165, 1.54) is 0 Å². The van der Waals surface area contributed by atoms with E-state index in [1.807, 2.05) is 59.1 Å². The highest BCUT2D eigenvalue weighted by molar-refractivity contribution is 7.98. The fraction of sp³-hybridized carbons (Fsp3) is 0.375. The highest BCUT2D eigenvalue weighted by Gasteiger charge is 2.58. The monoisotopic (exact) mass is 468 g/mol. The quantitative estimate of drug-likeness (QED) is 0.511. The minimum Gasteiger partial charge on any atom is -0.340 e. The average molecular weight is 469 g/mol. The number of fused-ring (bicyclic) bond motifs is 3. The lowest BCUT2D eigenvalue weighted by atomic mass is 9.74. The molecule has 2 amide bonds. The molecule has 32 heavy (non-hydrogen) atoms. The van der Waals surface area contributed by atoms with Crippen LogP contribution in [0.4, 0.5) is 5.69 Å². The third-order valence-corrected chi connectivity index (χ3v) is 7.48. The number of likely N-dealkylation sites (tertiary alicyclic amines) is 1. The van der Waals surface area contributed by atoms with Crippen molar-refractivity contribution in [2.24, 2.45) is 0 Å². The maximum Gasteiger partial charge on any atom is 0.241 e. The van der Waals surface area contributed by atoms with Crippen molar-refractivity contribution in [1.29, 1.82) is 0 Å². The second kappa shape index (κ2) is 8.12. The van der Waals surface area contributed by atoms with E-state index in [-0.39, 0.29) is 11.8 Å². The van der Waals surface area contributed by atoms with Gasteiger partial charge in [-0.1, -0.05) is 29.8 Å². The zero-order chi connectivity index (χ0) is 22.5. The first-order valence-electron chi connectivity index (χ1n) is 10.8. The Hall–Kier alpha value is -2.51. The Kier molecular flexibility index (Phi) is 5.42. The second-order valence-corrected chi connectivity index (χ2v) is 9.95. The smallest absolute Gasteiger partial charge is 0.241 e. The molecule has 6 nitrogen and oxygen atoms in total. The van der Waals surface area contributed by atoms with Gasteiger partial charge in [-0.15, -0.1) is 0 Å². The first kappa shape index (κ1) is 21.3. The zero-order valence-electron chi connectivity index (χ0n) is 18.2. The molecule has 0 radical (unpaired) electrons. The first-order valence-corrected chi connectivity index (χ1v) is 12.5. The van der Waals surface area contributed by atoms with Gasteiger partial charge in [0, 0.05) is 37.3 Å². The molecule has 0 aliphatic carbocycles. The molecule has 2 aliphatic heterocycles. The van der Waals surface area contributed by atoms with Gasteiger partial charge in [-0.2, -0.15) is 11.8 Å². The van der Waals surface area contributed by atoms with Gasteiger partial charge in [-0.05, 0) is 48.3 Å². The molecule has 1 aromatic heterocycles. The van der Waals surface area contributed by atoms with Crippen LogP contribution in [0, 0.1) is 0 Å². The lowest BCUT2D eigenvalue weighted by molar-refractivity contribution is -0.142. The molecule has 2 aliphatic rings. The van der Waals surface area contributed by atoms with Crippen molar-refractivity contribution in [3.63, 3.8) is 0 Å². The van der Waals surface area contributed by atoms with E-state index in [0.717, 1.165) is 46.8 Å². The number of imidazole rings is 1. The van der Waals surface area contributed by atoms with E-state index in [9.17, 15) is 9.59 Å².